The fourth-order valence-electron chi connectivity index (χ4n) is 2.28. The molecule has 0 fully saturated rings. The van der Waals surface area contributed by atoms with Crippen LogP contribution >= 0.6 is 0 Å². The number of hydrogen-bond acceptors (Lipinski definition) is 2. The van der Waals surface area contributed by atoms with E-state index in [1.165, 1.54) is 0 Å². The highest BCUT2D eigenvalue weighted by Crippen LogP contribution is 2.28. The van der Waals surface area contributed by atoms with Crippen molar-refractivity contribution in [1.82, 2.24) is 0 Å². The van der Waals surface area contributed by atoms with Crippen LogP contribution in [0.1, 0.15) is 46.8 Å². The Bertz CT molecular complexity index is 627. The van der Waals surface area contributed by atoms with Crippen LogP contribution in [0.2, 0.25) is 0 Å². The van der Waals surface area contributed by atoms with Crippen LogP contribution in [-0.2, 0) is 0 Å². The Balaban J connectivity index is 2.43. The lowest BCUT2D eigenvalue weighted by Gasteiger charge is -2.13. The van der Waals surface area contributed by atoms with E-state index in [0.29, 0.717) is 11.5 Å². The summed E-state index contributed by atoms with van der Waals surface area (Å²) in [5.41, 5.74) is 3.59. The minimum absolute atomic E-state index is 0.0539. The highest BCUT2D eigenvalue weighted by atomic mass is 16.5. The van der Waals surface area contributed by atoms with Crippen LogP contribution in [0, 0.1) is 6.92 Å². The zero-order valence-corrected chi connectivity index (χ0v) is 12.4. The number of aryl methyl sites for hydroxylation is 1. The molecule has 0 aliphatic rings. The van der Waals surface area contributed by atoms with Gasteiger partial charge < -0.3 is 4.74 Å². The topological polar surface area (TPSA) is 26.3 Å². The van der Waals surface area contributed by atoms with Crippen LogP contribution in [-0.4, -0.2) is 12.9 Å². The minimum atomic E-state index is 0.0539. The van der Waals surface area contributed by atoms with E-state index in [1.54, 1.807) is 7.11 Å². The lowest BCUT2D eigenvalue weighted by molar-refractivity contribution is 0.103. The third-order valence-electron chi connectivity index (χ3n) is 3.39. The second kappa shape index (κ2) is 5.91. The molecule has 0 spiro atoms. The van der Waals surface area contributed by atoms with E-state index >= 15 is 0 Å². The van der Waals surface area contributed by atoms with Gasteiger partial charge in [0, 0.05) is 11.1 Å². The average Bonchev–Trinajstić information content (AvgIpc) is 2.45. The molecule has 0 aliphatic carbocycles. The summed E-state index contributed by atoms with van der Waals surface area (Å²) in [4.78, 5) is 12.5. The van der Waals surface area contributed by atoms with Crippen molar-refractivity contribution in [2.24, 2.45) is 0 Å². The van der Waals surface area contributed by atoms with Gasteiger partial charge in [-0.15, -0.1) is 0 Å². The van der Waals surface area contributed by atoms with E-state index in [4.69, 9.17) is 4.74 Å². The molecule has 20 heavy (non-hydrogen) atoms. The van der Waals surface area contributed by atoms with Crippen LogP contribution in [0.25, 0.3) is 0 Å². The monoisotopic (exact) mass is 268 g/mol. The predicted octanol–water partition coefficient (Wildman–Crippen LogP) is 4.36. The molecule has 104 valence electrons. The first-order valence-electron chi connectivity index (χ1n) is 6.82. The van der Waals surface area contributed by atoms with Crippen molar-refractivity contribution in [2.45, 2.75) is 26.7 Å². The molecule has 2 nitrogen and oxygen atoms in total. The van der Waals surface area contributed by atoms with Crippen molar-refractivity contribution in [3.8, 4) is 5.75 Å². The molecule has 0 radical (unpaired) electrons. The smallest absolute Gasteiger partial charge is 0.193 e. The zero-order valence-electron chi connectivity index (χ0n) is 12.4. The van der Waals surface area contributed by atoms with Gasteiger partial charge in [-0.1, -0.05) is 37.6 Å². The van der Waals surface area contributed by atoms with E-state index in [0.717, 1.165) is 22.4 Å². The van der Waals surface area contributed by atoms with Crippen LogP contribution in [0.5, 0.6) is 5.75 Å². The van der Waals surface area contributed by atoms with E-state index in [2.05, 4.69) is 13.8 Å². The van der Waals surface area contributed by atoms with Gasteiger partial charge in [0.25, 0.3) is 0 Å². The van der Waals surface area contributed by atoms with Crippen molar-refractivity contribution in [2.75, 3.05) is 7.11 Å². The first kappa shape index (κ1) is 14.3. The third-order valence-corrected chi connectivity index (χ3v) is 3.39. The molecule has 0 saturated heterocycles. The fraction of sp³-hybridized carbons (Fsp3) is 0.278. The lowest BCUT2D eigenvalue weighted by Crippen LogP contribution is -2.04. The van der Waals surface area contributed by atoms with Crippen LogP contribution in [0.15, 0.2) is 42.5 Å². The van der Waals surface area contributed by atoms with Crippen molar-refractivity contribution >= 4 is 5.78 Å². The second-order valence-electron chi connectivity index (χ2n) is 5.31. The van der Waals surface area contributed by atoms with Crippen LogP contribution in [0.4, 0.5) is 0 Å². The van der Waals surface area contributed by atoms with Gasteiger partial charge in [0.15, 0.2) is 5.78 Å². The Kier molecular flexibility index (Phi) is 4.23. The van der Waals surface area contributed by atoms with Gasteiger partial charge in [-0.3, -0.25) is 4.79 Å². The number of benzene rings is 2. The van der Waals surface area contributed by atoms with Gasteiger partial charge in [0.05, 0.1) is 7.11 Å². The molecular weight excluding hydrogens is 248 g/mol. The van der Waals surface area contributed by atoms with Crippen molar-refractivity contribution < 1.29 is 9.53 Å². The van der Waals surface area contributed by atoms with E-state index in [-0.39, 0.29) is 5.78 Å². The summed E-state index contributed by atoms with van der Waals surface area (Å²) in [6, 6.07) is 13.3. The molecule has 0 unspecified atom stereocenters. The van der Waals surface area contributed by atoms with Gasteiger partial charge in [-0.2, -0.15) is 0 Å². The Labute approximate surface area is 120 Å². The maximum absolute atomic E-state index is 12.5. The average molecular weight is 268 g/mol. The zero-order chi connectivity index (χ0) is 14.7. The van der Waals surface area contributed by atoms with E-state index in [9.17, 15) is 4.79 Å². The Morgan fingerprint density at radius 2 is 1.75 bits per heavy atom. The first-order chi connectivity index (χ1) is 9.52. The Hall–Kier alpha value is -2.09. The number of carbonyl (C=O) groups excluding carboxylic acids is 1. The van der Waals surface area contributed by atoms with Gasteiger partial charge in [0.2, 0.25) is 0 Å². The summed E-state index contributed by atoms with van der Waals surface area (Å²) in [5.74, 6) is 1.20. The van der Waals surface area contributed by atoms with Crippen molar-refractivity contribution in [3.63, 3.8) is 0 Å². The Morgan fingerprint density at radius 1 is 1.05 bits per heavy atom. The molecule has 2 rings (SSSR count). The molecule has 0 bridgehead atoms. The summed E-state index contributed by atoms with van der Waals surface area (Å²) < 4.78 is 5.35. The molecule has 2 heteroatoms. The number of ketones is 1. The predicted molar refractivity (Wildman–Crippen MR) is 81.7 cm³/mol. The van der Waals surface area contributed by atoms with E-state index < -0.39 is 0 Å². The largest absolute Gasteiger partial charge is 0.496 e. The molecule has 0 aliphatic heterocycles. The molecule has 0 amide bonds. The summed E-state index contributed by atoms with van der Waals surface area (Å²) in [5, 5.41) is 0. The molecule has 0 heterocycles. The number of ether oxygens (including phenoxy) is 1. The maximum atomic E-state index is 12.5. The highest BCUT2D eigenvalue weighted by molar-refractivity contribution is 6.09. The van der Waals surface area contributed by atoms with Crippen LogP contribution in [0.3, 0.4) is 0 Å². The number of rotatable bonds is 4. The standard InChI is InChI=1S/C18H20O2/c1-12(2)16-11-15(8-9-17(16)20-4)18(19)14-7-5-6-13(3)10-14/h5-12H,1-4H3. The first-order valence-corrected chi connectivity index (χ1v) is 6.82. The van der Waals surface area contributed by atoms with Crippen molar-refractivity contribution in [3.05, 3.63) is 64.7 Å². The molecule has 2 aromatic rings. The van der Waals surface area contributed by atoms with Gasteiger partial charge in [0.1, 0.15) is 5.75 Å². The fourth-order valence-corrected chi connectivity index (χ4v) is 2.28. The SMILES string of the molecule is COc1ccc(C(=O)c2cccc(C)c2)cc1C(C)C. The quantitative estimate of drug-likeness (QED) is 0.770. The van der Waals surface area contributed by atoms with Crippen molar-refractivity contribution in [1.29, 1.82) is 0 Å². The summed E-state index contributed by atoms with van der Waals surface area (Å²) in [6.07, 6.45) is 0. The van der Waals surface area contributed by atoms with Crippen LogP contribution < -0.4 is 4.74 Å². The molecule has 2 aromatic carbocycles. The molecule has 0 N–H and O–H groups in total. The van der Waals surface area contributed by atoms with Gasteiger partial charge >= 0.3 is 0 Å². The lowest BCUT2D eigenvalue weighted by atomic mass is 9.95. The maximum Gasteiger partial charge on any atom is 0.193 e. The number of methoxy groups -OCH3 is 1. The van der Waals surface area contributed by atoms with Gasteiger partial charge in [-0.25, -0.2) is 0 Å². The summed E-state index contributed by atoms with van der Waals surface area (Å²) in [7, 11) is 1.66. The summed E-state index contributed by atoms with van der Waals surface area (Å²) in [6.45, 7) is 6.18. The third kappa shape index (κ3) is 2.90. The minimum Gasteiger partial charge on any atom is -0.496 e. The molecule has 0 aromatic heterocycles. The Morgan fingerprint density at radius 3 is 2.35 bits per heavy atom. The molecule has 0 atom stereocenters. The molecule has 0 saturated carbocycles. The second-order valence-corrected chi connectivity index (χ2v) is 5.31. The summed E-state index contributed by atoms with van der Waals surface area (Å²) >= 11 is 0. The van der Waals surface area contributed by atoms with E-state index in [1.807, 2.05) is 49.4 Å². The van der Waals surface area contributed by atoms with Gasteiger partial charge in [-0.05, 0) is 42.7 Å². The number of hydrogen-bond donors (Lipinski definition) is 0. The number of carbonyl (C=O) groups is 1. The normalized spacial score (nSPS) is 10.7. The highest BCUT2D eigenvalue weighted by Gasteiger charge is 2.14. The molecular formula is C18H20O2.